The highest BCUT2D eigenvalue weighted by Crippen LogP contribution is 2.39. The van der Waals surface area contributed by atoms with Gasteiger partial charge in [-0.05, 0) is 31.0 Å². The first-order valence-corrected chi connectivity index (χ1v) is 9.11. The van der Waals surface area contributed by atoms with Crippen molar-refractivity contribution in [3.8, 4) is 0 Å². The lowest BCUT2D eigenvalue weighted by Crippen LogP contribution is -2.46. The first-order chi connectivity index (χ1) is 11.7. The van der Waals surface area contributed by atoms with Gasteiger partial charge in [0.25, 0.3) is 0 Å². The number of fused-ring (bicyclic) bond motifs is 1. The van der Waals surface area contributed by atoms with Crippen LogP contribution in [0.3, 0.4) is 0 Å². The molecule has 2 atom stereocenters. The minimum absolute atomic E-state index is 0.0417. The molecule has 1 aromatic carbocycles. The summed E-state index contributed by atoms with van der Waals surface area (Å²) in [6.45, 7) is -0.0237. The normalized spacial score (nSPS) is 23.8. The molecule has 1 aromatic rings. The molecule has 25 heavy (non-hydrogen) atoms. The number of carbonyl (C=O) groups is 2. The zero-order chi connectivity index (χ0) is 18.2. The molecule has 0 radical (unpaired) electrons. The highest BCUT2D eigenvalue weighted by Gasteiger charge is 2.43. The van der Waals surface area contributed by atoms with Crippen LogP contribution in [0.5, 0.6) is 0 Å². The Morgan fingerprint density at radius 1 is 1.40 bits per heavy atom. The molecular weight excluding hydrogens is 377 g/mol. The molecule has 1 fully saturated rings. The van der Waals surface area contributed by atoms with E-state index in [1.807, 2.05) is 0 Å². The molecule has 2 amide bonds. The van der Waals surface area contributed by atoms with Crippen molar-refractivity contribution in [2.45, 2.75) is 35.6 Å². The first-order valence-electron chi connectivity index (χ1n) is 7.85. The molecule has 1 saturated heterocycles. The number of rotatable bonds is 2. The van der Waals surface area contributed by atoms with Crippen molar-refractivity contribution in [1.29, 1.82) is 0 Å². The molecule has 0 bridgehead atoms. The van der Waals surface area contributed by atoms with Gasteiger partial charge >= 0.3 is 6.18 Å². The fourth-order valence-corrected chi connectivity index (χ4v) is 4.27. The predicted octanol–water partition coefficient (Wildman–Crippen LogP) is 3.94. The maximum atomic E-state index is 12.9. The molecule has 3 rings (SSSR count). The number of anilines is 1. The van der Waals surface area contributed by atoms with Gasteiger partial charge in [-0.15, -0.1) is 11.8 Å². The van der Waals surface area contributed by atoms with Gasteiger partial charge in [-0.25, -0.2) is 0 Å². The minimum atomic E-state index is -4.30. The van der Waals surface area contributed by atoms with Crippen LogP contribution in [0, 0.1) is 5.92 Å². The van der Waals surface area contributed by atoms with Crippen LogP contribution < -0.4 is 5.32 Å². The summed E-state index contributed by atoms with van der Waals surface area (Å²) in [5.41, 5.74) is 0.585. The van der Waals surface area contributed by atoms with Crippen molar-refractivity contribution < 1.29 is 22.8 Å². The molecule has 0 aromatic heterocycles. The first kappa shape index (κ1) is 18.4. The zero-order valence-corrected chi connectivity index (χ0v) is 14.7. The second kappa shape index (κ2) is 7.07. The van der Waals surface area contributed by atoms with E-state index in [0.717, 1.165) is 4.90 Å². The van der Waals surface area contributed by atoms with Crippen LogP contribution >= 0.6 is 23.4 Å². The van der Waals surface area contributed by atoms with Crippen molar-refractivity contribution in [2.24, 2.45) is 5.92 Å². The van der Waals surface area contributed by atoms with E-state index in [1.54, 1.807) is 18.2 Å². The van der Waals surface area contributed by atoms with Gasteiger partial charge in [0, 0.05) is 29.4 Å². The average molecular weight is 393 g/mol. The lowest BCUT2D eigenvalue weighted by atomic mass is 9.97. The number of benzene rings is 1. The maximum Gasteiger partial charge on any atom is 0.393 e. The summed E-state index contributed by atoms with van der Waals surface area (Å²) in [7, 11) is 0. The van der Waals surface area contributed by atoms with Gasteiger partial charge < -0.3 is 10.2 Å². The van der Waals surface area contributed by atoms with E-state index in [2.05, 4.69) is 5.32 Å². The lowest BCUT2D eigenvalue weighted by Gasteiger charge is -2.34. The van der Waals surface area contributed by atoms with Crippen LogP contribution in [0.4, 0.5) is 18.9 Å². The van der Waals surface area contributed by atoms with Crippen LogP contribution in [0.25, 0.3) is 0 Å². The molecule has 2 aliphatic rings. The number of halogens is 4. The summed E-state index contributed by atoms with van der Waals surface area (Å²) >= 11 is 7.12. The van der Waals surface area contributed by atoms with Crippen LogP contribution in [0.2, 0.25) is 5.02 Å². The van der Waals surface area contributed by atoms with E-state index in [9.17, 15) is 22.8 Å². The van der Waals surface area contributed by atoms with E-state index in [-0.39, 0.29) is 25.3 Å². The Labute approximate surface area is 152 Å². The number of alkyl halides is 3. The highest BCUT2D eigenvalue weighted by atomic mass is 35.5. The molecule has 1 N–H and O–H groups in total. The number of thioether (sulfide) groups is 1. The molecule has 0 unspecified atom stereocenters. The smallest absolute Gasteiger partial charge is 0.342 e. The Kier molecular flexibility index (Phi) is 5.20. The molecule has 136 valence electrons. The molecule has 4 nitrogen and oxygen atoms in total. The van der Waals surface area contributed by atoms with E-state index >= 15 is 0 Å². The van der Waals surface area contributed by atoms with E-state index in [0.29, 0.717) is 23.7 Å². The lowest BCUT2D eigenvalue weighted by molar-refractivity contribution is -0.188. The Bertz CT molecular complexity index is 698. The van der Waals surface area contributed by atoms with E-state index < -0.39 is 23.3 Å². The van der Waals surface area contributed by atoms with Gasteiger partial charge in [0.2, 0.25) is 11.8 Å². The van der Waals surface area contributed by atoms with Crippen LogP contribution in [0.15, 0.2) is 23.1 Å². The number of hydrogen-bond donors (Lipinski definition) is 1. The summed E-state index contributed by atoms with van der Waals surface area (Å²) in [4.78, 5) is 26.6. The number of piperidine rings is 1. The fourth-order valence-electron chi connectivity index (χ4n) is 3.02. The molecular formula is C16H16ClF3N2O2S. The van der Waals surface area contributed by atoms with Crippen LogP contribution in [0.1, 0.15) is 19.3 Å². The van der Waals surface area contributed by atoms with Crippen molar-refractivity contribution in [1.82, 2.24) is 4.90 Å². The number of likely N-dealkylation sites (tertiary alicyclic amines) is 1. The topological polar surface area (TPSA) is 49.4 Å². The standard InChI is InChI=1S/C16H16ClF3N2O2S/c17-10-3-4-12-11(6-10)21-15(24)13(25-12)7-14(23)22-5-1-2-9(8-22)16(18,19)20/h3-4,6,9,13H,1-2,5,7-8H2,(H,21,24)/t9-,13-/m1/s1. The third-order valence-electron chi connectivity index (χ3n) is 4.36. The number of amides is 2. The average Bonchev–Trinajstić information content (AvgIpc) is 2.55. The van der Waals surface area contributed by atoms with Crippen molar-refractivity contribution in [3.05, 3.63) is 23.2 Å². The molecule has 0 saturated carbocycles. The molecule has 0 aliphatic carbocycles. The molecule has 9 heteroatoms. The Hall–Kier alpha value is -1.41. The van der Waals surface area contributed by atoms with Crippen molar-refractivity contribution in [3.63, 3.8) is 0 Å². The van der Waals surface area contributed by atoms with E-state index in [4.69, 9.17) is 11.6 Å². The van der Waals surface area contributed by atoms with Crippen molar-refractivity contribution in [2.75, 3.05) is 18.4 Å². The Morgan fingerprint density at radius 2 is 2.16 bits per heavy atom. The second-order valence-electron chi connectivity index (χ2n) is 6.16. The van der Waals surface area contributed by atoms with Crippen LogP contribution in [-0.4, -0.2) is 41.2 Å². The van der Waals surface area contributed by atoms with Gasteiger partial charge in [-0.2, -0.15) is 13.2 Å². The summed E-state index contributed by atoms with van der Waals surface area (Å²) in [5, 5.41) is 2.52. The van der Waals surface area contributed by atoms with Gasteiger partial charge in [0.15, 0.2) is 0 Å². The van der Waals surface area contributed by atoms with Crippen LogP contribution in [-0.2, 0) is 9.59 Å². The molecule has 2 aliphatic heterocycles. The fraction of sp³-hybridized carbons (Fsp3) is 0.500. The monoisotopic (exact) mass is 392 g/mol. The number of nitrogens with one attached hydrogen (secondary N) is 1. The quantitative estimate of drug-likeness (QED) is 0.829. The maximum absolute atomic E-state index is 12.9. The number of hydrogen-bond acceptors (Lipinski definition) is 3. The van der Waals surface area contributed by atoms with E-state index in [1.165, 1.54) is 16.7 Å². The number of carbonyl (C=O) groups excluding carboxylic acids is 2. The Balaban J connectivity index is 1.65. The van der Waals surface area contributed by atoms with Gasteiger partial charge in [0.1, 0.15) is 0 Å². The third-order valence-corrected chi connectivity index (χ3v) is 5.87. The van der Waals surface area contributed by atoms with Gasteiger partial charge in [-0.3, -0.25) is 9.59 Å². The minimum Gasteiger partial charge on any atom is -0.342 e. The predicted molar refractivity (Wildman–Crippen MR) is 89.7 cm³/mol. The van der Waals surface area contributed by atoms with Crippen molar-refractivity contribution >= 4 is 40.9 Å². The van der Waals surface area contributed by atoms with Gasteiger partial charge in [0.05, 0.1) is 16.9 Å². The summed E-state index contributed by atoms with van der Waals surface area (Å²) < 4.78 is 38.6. The summed E-state index contributed by atoms with van der Waals surface area (Å²) in [6, 6.07) is 5.06. The summed E-state index contributed by atoms with van der Waals surface area (Å²) in [6.07, 6.45) is -4.06. The largest absolute Gasteiger partial charge is 0.393 e. The number of nitrogens with zero attached hydrogens (tertiary/aromatic N) is 1. The third kappa shape index (κ3) is 4.23. The molecule has 0 spiro atoms. The summed E-state index contributed by atoms with van der Waals surface area (Å²) in [5.74, 6) is -2.24. The second-order valence-corrected chi connectivity index (χ2v) is 7.84. The zero-order valence-electron chi connectivity index (χ0n) is 13.1. The highest BCUT2D eigenvalue weighted by molar-refractivity contribution is 8.01. The Morgan fingerprint density at radius 3 is 2.88 bits per heavy atom. The van der Waals surface area contributed by atoms with Gasteiger partial charge in [-0.1, -0.05) is 11.6 Å². The SMILES string of the molecule is O=C1Nc2cc(Cl)ccc2S[C@@H]1CC(=O)N1CCC[C@@H](C(F)(F)F)C1. The molecule has 2 heterocycles.